The molecule has 0 aromatic carbocycles. The summed E-state index contributed by atoms with van der Waals surface area (Å²) >= 11 is 6.16. The summed E-state index contributed by atoms with van der Waals surface area (Å²) in [4.78, 5) is 8.41. The van der Waals surface area contributed by atoms with Gasteiger partial charge in [-0.1, -0.05) is 52.1 Å². The van der Waals surface area contributed by atoms with Crippen LogP contribution in [0.1, 0.15) is 58.9 Å². The van der Waals surface area contributed by atoms with Gasteiger partial charge >= 0.3 is 0 Å². The topological polar surface area (TPSA) is 37.8 Å². The van der Waals surface area contributed by atoms with Crippen LogP contribution in [-0.2, 0) is 0 Å². The van der Waals surface area contributed by atoms with Crippen molar-refractivity contribution in [3.63, 3.8) is 0 Å². The van der Waals surface area contributed by atoms with Gasteiger partial charge in [0, 0.05) is 11.6 Å². The number of nitrogens with zero attached hydrogens (tertiary/aromatic N) is 2. The minimum Gasteiger partial charge on any atom is -0.367 e. The molecule has 0 aliphatic carbocycles. The van der Waals surface area contributed by atoms with E-state index in [-0.39, 0.29) is 0 Å². The molecule has 0 amide bonds. The van der Waals surface area contributed by atoms with E-state index in [0.717, 1.165) is 11.4 Å². The minimum atomic E-state index is 0.315. The summed E-state index contributed by atoms with van der Waals surface area (Å²) in [6.07, 6.45) is 3.86. The van der Waals surface area contributed by atoms with E-state index in [1.165, 1.54) is 19.2 Å². The van der Waals surface area contributed by atoms with Crippen molar-refractivity contribution in [3.05, 3.63) is 17.0 Å². The van der Waals surface area contributed by atoms with Crippen molar-refractivity contribution in [1.82, 2.24) is 9.97 Å². The highest BCUT2D eigenvalue weighted by Gasteiger charge is 2.18. The van der Waals surface area contributed by atoms with Crippen molar-refractivity contribution in [2.24, 2.45) is 5.92 Å². The first-order valence-corrected chi connectivity index (χ1v) is 7.15. The largest absolute Gasteiger partial charge is 0.367 e. The quantitative estimate of drug-likeness (QED) is 0.773. The molecule has 1 heterocycles. The van der Waals surface area contributed by atoms with Gasteiger partial charge in [-0.15, -0.1) is 0 Å². The Morgan fingerprint density at radius 3 is 2.28 bits per heavy atom. The van der Waals surface area contributed by atoms with Crippen molar-refractivity contribution < 1.29 is 0 Å². The van der Waals surface area contributed by atoms with Crippen LogP contribution in [0.25, 0.3) is 0 Å². The normalized spacial score (nSPS) is 13.1. The maximum atomic E-state index is 6.16. The molecule has 4 heteroatoms. The molecule has 3 nitrogen and oxygen atoms in total. The first kappa shape index (κ1) is 15.2. The van der Waals surface area contributed by atoms with E-state index < -0.39 is 0 Å². The third-order valence-electron chi connectivity index (χ3n) is 3.53. The number of rotatable bonds is 6. The van der Waals surface area contributed by atoms with E-state index in [1.807, 2.05) is 0 Å². The monoisotopic (exact) mass is 269 g/mol. The summed E-state index contributed by atoms with van der Waals surface area (Å²) in [6, 6.07) is 0.392. The van der Waals surface area contributed by atoms with Crippen LogP contribution in [0.4, 0.5) is 5.82 Å². The fraction of sp³-hybridized carbons (Fsp3) is 0.714. The first-order chi connectivity index (χ1) is 8.51. The van der Waals surface area contributed by atoms with Crippen LogP contribution in [-0.4, -0.2) is 16.0 Å². The fourth-order valence-corrected chi connectivity index (χ4v) is 2.68. The average molecular weight is 270 g/mol. The number of nitrogens with one attached hydrogen (secondary N) is 1. The third kappa shape index (κ3) is 3.58. The Morgan fingerprint density at radius 1 is 1.17 bits per heavy atom. The van der Waals surface area contributed by atoms with Crippen LogP contribution >= 0.6 is 11.6 Å². The highest BCUT2D eigenvalue weighted by atomic mass is 35.5. The maximum Gasteiger partial charge on any atom is 0.138 e. The van der Waals surface area contributed by atoms with Crippen LogP contribution in [0, 0.1) is 5.92 Å². The van der Waals surface area contributed by atoms with Gasteiger partial charge in [-0.05, 0) is 18.8 Å². The van der Waals surface area contributed by atoms with Crippen LogP contribution in [0.15, 0.2) is 6.33 Å². The van der Waals surface area contributed by atoms with Gasteiger partial charge in [-0.25, -0.2) is 9.97 Å². The third-order valence-corrected chi connectivity index (χ3v) is 3.83. The molecular formula is C14H24ClN3. The predicted molar refractivity (Wildman–Crippen MR) is 78.3 cm³/mol. The highest BCUT2D eigenvalue weighted by Crippen LogP contribution is 2.29. The lowest BCUT2D eigenvalue weighted by Crippen LogP contribution is -2.26. The lowest BCUT2D eigenvalue weighted by molar-refractivity contribution is 0.436. The summed E-state index contributed by atoms with van der Waals surface area (Å²) < 4.78 is 0. The molecule has 0 spiro atoms. The summed E-state index contributed by atoms with van der Waals surface area (Å²) in [6.45, 7) is 10.9. The molecule has 0 saturated carbocycles. The zero-order chi connectivity index (χ0) is 13.7. The Bertz CT molecular complexity index is 375. The van der Waals surface area contributed by atoms with Gasteiger partial charge in [0.1, 0.15) is 17.3 Å². The molecule has 0 radical (unpaired) electrons. The Morgan fingerprint density at radius 2 is 1.78 bits per heavy atom. The molecule has 1 aromatic heterocycles. The summed E-state index contributed by atoms with van der Waals surface area (Å²) in [5, 5.41) is 4.05. The van der Waals surface area contributed by atoms with Crippen LogP contribution < -0.4 is 5.32 Å². The number of hydrogen-bond acceptors (Lipinski definition) is 3. The van der Waals surface area contributed by atoms with Gasteiger partial charge in [0.05, 0.1) is 0 Å². The Hall–Kier alpha value is -0.830. The number of anilines is 1. The van der Waals surface area contributed by atoms with E-state index in [9.17, 15) is 0 Å². The predicted octanol–water partition coefficient (Wildman–Crippen LogP) is 4.49. The minimum absolute atomic E-state index is 0.315. The molecule has 1 rings (SSSR count). The average Bonchev–Trinajstić information content (AvgIpc) is 2.30. The standard InChI is InChI=1S/C14H24ClN3/c1-6-11(7-2)10(5)18-14-12(9(3)4)13(15)16-8-17-14/h8-11H,6-7H2,1-5H3,(H,16,17,18). The smallest absolute Gasteiger partial charge is 0.138 e. The van der Waals surface area contributed by atoms with E-state index in [1.54, 1.807) is 0 Å². The molecule has 18 heavy (non-hydrogen) atoms. The maximum absolute atomic E-state index is 6.16. The highest BCUT2D eigenvalue weighted by molar-refractivity contribution is 6.30. The molecule has 0 aliphatic heterocycles. The van der Waals surface area contributed by atoms with Crippen molar-refractivity contribution in [2.45, 2.75) is 59.4 Å². The fourth-order valence-electron chi connectivity index (χ4n) is 2.33. The molecular weight excluding hydrogens is 246 g/mol. The number of halogens is 1. The lowest BCUT2D eigenvalue weighted by Gasteiger charge is -2.25. The zero-order valence-corrected chi connectivity index (χ0v) is 12.8. The van der Waals surface area contributed by atoms with Crippen molar-refractivity contribution in [1.29, 1.82) is 0 Å². The van der Waals surface area contributed by atoms with E-state index in [0.29, 0.717) is 23.0 Å². The summed E-state index contributed by atoms with van der Waals surface area (Å²) in [5.74, 6) is 1.85. The second kappa shape index (κ2) is 6.93. The number of aromatic nitrogens is 2. The number of hydrogen-bond donors (Lipinski definition) is 1. The first-order valence-electron chi connectivity index (χ1n) is 6.78. The van der Waals surface area contributed by atoms with Crippen molar-refractivity contribution in [2.75, 3.05) is 5.32 Å². The zero-order valence-electron chi connectivity index (χ0n) is 12.0. The van der Waals surface area contributed by atoms with E-state index >= 15 is 0 Å². The van der Waals surface area contributed by atoms with Crippen molar-refractivity contribution in [3.8, 4) is 0 Å². The van der Waals surface area contributed by atoms with Gasteiger partial charge in [0.15, 0.2) is 0 Å². The van der Waals surface area contributed by atoms with Crippen LogP contribution in [0.3, 0.4) is 0 Å². The molecule has 0 aliphatic rings. The Labute approximate surface area is 115 Å². The molecule has 1 atom stereocenters. The second-order valence-electron chi connectivity index (χ2n) is 5.09. The molecule has 0 bridgehead atoms. The summed E-state index contributed by atoms with van der Waals surface area (Å²) in [5.41, 5.74) is 1.01. The van der Waals surface area contributed by atoms with E-state index in [4.69, 9.17) is 11.6 Å². The summed E-state index contributed by atoms with van der Waals surface area (Å²) in [7, 11) is 0. The molecule has 0 saturated heterocycles. The molecule has 0 fully saturated rings. The van der Waals surface area contributed by atoms with Crippen LogP contribution in [0.2, 0.25) is 5.15 Å². The van der Waals surface area contributed by atoms with E-state index in [2.05, 4.69) is 49.9 Å². The Balaban J connectivity index is 2.93. The molecule has 1 N–H and O–H groups in total. The van der Waals surface area contributed by atoms with Gasteiger partial charge in [0.25, 0.3) is 0 Å². The van der Waals surface area contributed by atoms with Crippen molar-refractivity contribution >= 4 is 17.4 Å². The molecule has 1 unspecified atom stereocenters. The lowest BCUT2D eigenvalue weighted by atomic mass is 9.95. The van der Waals surface area contributed by atoms with Gasteiger partial charge in [-0.2, -0.15) is 0 Å². The SMILES string of the molecule is CCC(CC)C(C)Nc1ncnc(Cl)c1C(C)C. The van der Waals surface area contributed by atoms with Gasteiger partial charge in [-0.3, -0.25) is 0 Å². The molecule has 1 aromatic rings. The van der Waals surface area contributed by atoms with Gasteiger partial charge in [0.2, 0.25) is 0 Å². The Kier molecular flexibility index (Phi) is 5.86. The van der Waals surface area contributed by atoms with Gasteiger partial charge < -0.3 is 5.32 Å². The molecule has 102 valence electrons. The van der Waals surface area contributed by atoms with Crippen LogP contribution in [0.5, 0.6) is 0 Å². The second-order valence-corrected chi connectivity index (χ2v) is 5.45.